The first-order chi connectivity index (χ1) is 10.9. The van der Waals surface area contributed by atoms with Crippen LogP contribution in [-0.4, -0.2) is 17.0 Å². The van der Waals surface area contributed by atoms with E-state index in [9.17, 15) is 9.90 Å². The summed E-state index contributed by atoms with van der Waals surface area (Å²) in [6.07, 6.45) is 11.4. The van der Waals surface area contributed by atoms with E-state index >= 15 is 0 Å². The van der Waals surface area contributed by atoms with E-state index in [2.05, 4.69) is 19.9 Å². The first-order valence-electron chi connectivity index (χ1n) is 9.76. The zero-order valence-corrected chi connectivity index (χ0v) is 15.0. The fourth-order valence-electron chi connectivity index (χ4n) is 7.38. The van der Waals surface area contributed by atoms with Gasteiger partial charge in [-0.1, -0.05) is 25.5 Å². The third-order valence-corrected chi connectivity index (χ3v) is 8.58. The Labute approximate surface area is 140 Å². The van der Waals surface area contributed by atoms with Gasteiger partial charge >= 0.3 is 0 Å². The van der Waals surface area contributed by atoms with Crippen LogP contribution in [0.3, 0.4) is 0 Å². The first-order valence-corrected chi connectivity index (χ1v) is 9.76. The summed E-state index contributed by atoms with van der Waals surface area (Å²) in [5, 5.41) is 10.0. The fraction of sp³-hybridized carbons (Fsp3) is 0.857. The monoisotopic (exact) mass is 316 g/mol. The summed E-state index contributed by atoms with van der Waals surface area (Å²) in [4.78, 5) is 12.2. The highest BCUT2D eigenvalue weighted by Crippen LogP contribution is 2.66. The standard InChI is InChI=1S/C21H32O2/c1-13(22)17-6-7-18-16-5-4-14-12-15(23)8-10-20(14,2)19(16)9-11-21(17,18)3/h12,15-19,23H,4-11H2,1-3H3/t15?,16?,17?,18?,19?,20-,21+/m0/s1. The predicted octanol–water partition coefficient (Wildman–Crippen LogP) is 4.52. The topological polar surface area (TPSA) is 37.3 Å². The van der Waals surface area contributed by atoms with Gasteiger partial charge in [0, 0.05) is 5.92 Å². The Bertz CT molecular complexity index is 550. The van der Waals surface area contributed by atoms with Crippen LogP contribution in [0, 0.1) is 34.5 Å². The Morgan fingerprint density at radius 3 is 2.61 bits per heavy atom. The van der Waals surface area contributed by atoms with Gasteiger partial charge in [0.2, 0.25) is 0 Å². The molecule has 0 saturated heterocycles. The van der Waals surface area contributed by atoms with E-state index in [0.717, 1.165) is 37.0 Å². The van der Waals surface area contributed by atoms with Crippen molar-refractivity contribution >= 4 is 5.78 Å². The van der Waals surface area contributed by atoms with Gasteiger partial charge in [0.25, 0.3) is 0 Å². The van der Waals surface area contributed by atoms with Gasteiger partial charge in [-0.2, -0.15) is 0 Å². The average Bonchev–Trinajstić information content (AvgIpc) is 2.85. The first kappa shape index (κ1) is 15.9. The van der Waals surface area contributed by atoms with Gasteiger partial charge in [0.05, 0.1) is 6.10 Å². The Balaban J connectivity index is 1.66. The molecule has 4 rings (SSSR count). The van der Waals surface area contributed by atoms with Crippen molar-refractivity contribution in [2.24, 2.45) is 34.5 Å². The number of carbonyl (C=O) groups is 1. The molecule has 3 fully saturated rings. The van der Waals surface area contributed by atoms with Crippen LogP contribution < -0.4 is 0 Å². The summed E-state index contributed by atoms with van der Waals surface area (Å²) < 4.78 is 0. The smallest absolute Gasteiger partial charge is 0.133 e. The average molecular weight is 316 g/mol. The molecule has 0 aromatic heterocycles. The molecule has 128 valence electrons. The number of aliphatic hydroxyl groups excluding tert-OH is 1. The summed E-state index contributed by atoms with van der Waals surface area (Å²) in [7, 11) is 0. The second-order valence-corrected chi connectivity index (χ2v) is 9.42. The highest BCUT2D eigenvalue weighted by molar-refractivity contribution is 5.79. The number of Topliss-reactive ketones (excluding diaryl/α,β-unsaturated/α-hetero) is 1. The molecule has 23 heavy (non-hydrogen) atoms. The molecule has 7 atom stereocenters. The van der Waals surface area contributed by atoms with Crippen LogP contribution in [0.1, 0.15) is 72.1 Å². The van der Waals surface area contributed by atoms with E-state index < -0.39 is 0 Å². The second-order valence-electron chi connectivity index (χ2n) is 9.42. The molecule has 2 heteroatoms. The fourth-order valence-corrected chi connectivity index (χ4v) is 7.38. The van der Waals surface area contributed by atoms with Crippen molar-refractivity contribution in [3.05, 3.63) is 11.6 Å². The van der Waals surface area contributed by atoms with E-state index in [1.807, 2.05) is 6.92 Å². The van der Waals surface area contributed by atoms with Gasteiger partial charge < -0.3 is 5.11 Å². The van der Waals surface area contributed by atoms with Crippen LogP contribution in [0.4, 0.5) is 0 Å². The lowest BCUT2D eigenvalue weighted by atomic mass is 9.46. The number of ketones is 1. The number of allylic oxidation sites excluding steroid dienone is 1. The van der Waals surface area contributed by atoms with Gasteiger partial charge in [-0.25, -0.2) is 0 Å². The highest BCUT2D eigenvalue weighted by Gasteiger charge is 2.59. The molecule has 0 heterocycles. The normalized spacial score (nSPS) is 52.2. The van der Waals surface area contributed by atoms with Crippen molar-refractivity contribution in [1.82, 2.24) is 0 Å². The van der Waals surface area contributed by atoms with Gasteiger partial charge in [-0.05, 0) is 86.9 Å². The largest absolute Gasteiger partial charge is 0.389 e. The lowest BCUT2D eigenvalue weighted by molar-refractivity contribution is -0.127. The minimum absolute atomic E-state index is 0.211. The van der Waals surface area contributed by atoms with Gasteiger partial charge in [0.15, 0.2) is 0 Å². The Morgan fingerprint density at radius 2 is 1.87 bits per heavy atom. The quantitative estimate of drug-likeness (QED) is 0.722. The molecule has 0 radical (unpaired) electrons. The minimum Gasteiger partial charge on any atom is -0.389 e. The zero-order valence-electron chi connectivity index (χ0n) is 15.0. The van der Waals surface area contributed by atoms with Crippen LogP contribution >= 0.6 is 0 Å². The molecule has 3 saturated carbocycles. The Kier molecular flexibility index (Phi) is 3.58. The van der Waals surface area contributed by atoms with E-state index in [-0.39, 0.29) is 11.5 Å². The number of hydrogen-bond donors (Lipinski definition) is 1. The molecular formula is C21H32O2. The lowest BCUT2D eigenvalue weighted by Gasteiger charge is -2.58. The number of fused-ring (bicyclic) bond motifs is 5. The van der Waals surface area contributed by atoms with Crippen LogP contribution in [0.5, 0.6) is 0 Å². The van der Waals surface area contributed by atoms with Crippen LogP contribution in [-0.2, 0) is 4.79 Å². The Hall–Kier alpha value is -0.630. The van der Waals surface area contributed by atoms with Crippen molar-refractivity contribution in [2.75, 3.05) is 0 Å². The van der Waals surface area contributed by atoms with Crippen LogP contribution in [0.2, 0.25) is 0 Å². The molecule has 1 N–H and O–H groups in total. The van der Waals surface area contributed by atoms with Crippen molar-refractivity contribution in [2.45, 2.75) is 78.2 Å². The maximum Gasteiger partial charge on any atom is 0.133 e. The SMILES string of the molecule is CC(=O)C1CCC2C3CCC4=CC(O)CC[C@]4(C)C3CC[C@]12C. The summed E-state index contributed by atoms with van der Waals surface area (Å²) in [6.45, 7) is 6.71. The molecule has 5 unspecified atom stereocenters. The molecular weight excluding hydrogens is 284 g/mol. The molecule has 0 aliphatic heterocycles. The molecule has 0 amide bonds. The molecule has 2 nitrogen and oxygen atoms in total. The molecule has 0 bridgehead atoms. The van der Waals surface area contributed by atoms with Crippen molar-refractivity contribution in [1.29, 1.82) is 0 Å². The molecule has 0 aromatic rings. The van der Waals surface area contributed by atoms with Gasteiger partial charge in [-0.3, -0.25) is 4.79 Å². The molecule has 4 aliphatic carbocycles. The van der Waals surface area contributed by atoms with E-state index in [1.54, 1.807) is 5.57 Å². The number of aliphatic hydroxyl groups is 1. The van der Waals surface area contributed by atoms with Crippen molar-refractivity contribution in [3.63, 3.8) is 0 Å². The Morgan fingerprint density at radius 1 is 1.09 bits per heavy atom. The maximum atomic E-state index is 12.2. The summed E-state index contributed by atoms with van der Waals surface area (Å²) in [5.74, 6) is 3.07. The van der Waals surface area contributed by atoms with Gasteiger partial charge in [0.1, 0.15) is 5.78 Å². The predicted molar refractivity (Wildman–Crippen MR) is 91.9 cm³/mol. The van der Waals surface area contributed by atoms with Crippen LogP contribution in [0.25, 0.3) is 0 Å². The number of carbonyl (C=O) groups excluding carboxylic acids is 1. The zero-order chi connectivity index (χ0) is 16.4. The maximum absolute atomic E-state index is 12.2. The third-order valence-electron chi connectivity index (χ3n) is 8.58. The van der Waals surface area contributed by atoms with E-state index in [0.29, 0.717) is 17.1 Å². The van der Waals surface area contributed by atoms with Crippen molar-refractivity contribution < 1.29 is 9.90 Å². The van der Waals surface area contributed by atoms with Crippen molar-refractivity contribution in [3.8, 4) is 0 Å². The molecule has 0 spiro atoms. The lowest BCUT2D eigenvalue weighted by Crippen LogP contribution is -2.51. The minimum atomic E-state index is -0.211. The number of rotatable bonds is 1. The third kappa shape index (κ3) is 2.13. The van der Waals surface area contributed by atoms with E-state index in [1.165, 1.54) is 32.1 Å². The van der Waals surface area contributed by atoms with Gasteiger partial charge in [-0.15, -0.1) is 0 Å². The van der Waals surface area contributed by atoms with Crippen LogP contribution in [0.15, 0.2) is 11.6 Å². The van der Waals surface area contributed by atoms with E-state index in [4.69, 9.17) is 0 Å². The molecule has 4 aliphatic rings. The highest BCUT2D eigenvalue weighted by atomic mass is 16.3. The summed E-state index contributed by atoms with van der Waals surface area (Å²) >= 11 is 0. The second kappa shape index (κ2) is 5.18. The summed E-state index contributed by atoms with van der Waals surface area (Å²) in [5.41, 5.74) is 2.12. The molecule has 0 aromatic carbocycles. The summed E-state index contributed by atoms with van der Waals surface area (Å²) in [6, 6.07) is 0. The number of hydrogen-bond acceptors (Lipinski definition) is 2.